The van der Waals surface area contributed by atoms with Crippen molar-refractivity contribution < 1.29 is 31.4 Å². The maximum Gasteiger partial charge on any atom is 0.277 e. The monoisotopic (exact) mass is 413 g/mol. The highest BCUT2D eigenvalue weighted by Crippen LogP contribution is 2.35. The molecular weight excluding hydrogens is 395 g/mol. The number of sulfone groups is 1. The number of rotatable bonds is 4. The van der Waals surface area contributed by atoms with Crippen molar-refractivity contribution in [2.75, 3.05) is 6.01 Å². The van der Waals surface area contributed by atoms with Crippen LogP contribution in [-0.4, -0.2) is 31.6 Å². The molecule has 0 amide bonds. The molecule has 1 aliphatic rings. The van der Waals surface area contributed by atoms with Crippen LogP contribution >= 0.6 is 0 Å². The van der Waals surface area contributed by atoms with Crippen molar-refractivity contribution in [3.63, 3.8) is 0 Å². The minimum Gasteiger partial charge on any atom is -0.457 e. The molecule has 28 heavy (non-hydrogen) atoms. The smallest absolute Gasteiger partial charge is 0.277 e. The molecule has 2 rings (SSSR count). The van der Waals surface area contributed by atoms with Gasteiger partial charge < -0.3 is 9.84 Å². The fourth-order valence-electron chi connectivity index (χ4n) is 2.59. The third-order valence-corrected chi connectivity index (χ3v) is 5.44. The Bertz CT molecular complexity index is 991. The van der Waals surface area contributed by atoms with Crippen LogP contribution in [-0.2, 0) is 9.84 Å². The zero-order valence-electron chi connectivity index (χ0n) is 15.0. The van der Waals surface area contributed by atoms with Crippen molar-refractivity contribution in [1.82, 2.24) is 0 Å². The van der Waals surface area contributed by atoms with Gasteiger partial charge in [-0.3, -0.25) is 0 Å². The van der Waals surface area contributed by atoms with Gasteiger partial charge in [0.15, 0.2) is 6.01 Å². The summed E-state index contributed by atoms with van der Waals surface area (Å²) in [6, 6.07) is 4.67. The van der Waals surface area contributed by atoms with Gasteiger partial charge in [-0.05, 0) is 48.4 Å². The van der Waals surface area contributed by atoms with Gasteiger partial charge in [-0.25, -0.2) is 21.6 Å². The number of aliphatic hydroxyl groups is 1. The standard InChI is InChI=1S/C19H18F3NO4S/c1-12-5-14(10-23)7-15(6-12)27-17-4-3-16(28(25,26)11-20)8-18(24)19(21,22)9-13(17)2/h3-7,18,24H,2,8-9,11H2,1H3/b16-3+,17-4?/t18-/m0/s1. The summed E-state index contributed by atoms with van der Waals surface area (Å²) in [5, 5.41) is 18.8. The number of alkyl halides is 3. The molecule has 0 heterocycles. The van der Waals surface area contributed by atoms with Gasteiger partial charge in [0.1, 0.15) is 17.6 Å². The van der Waals surface area contributed by atoms with E-state index in [1.807, 2.05) is 6.07 Å². The molecule has 0 radical (unpaired) electrons. The zero-order valence-corrected chi connectivity index (χ0v) is 15.8. The lowest BCUT2D eigenvalue weighted by atomic mass is 10.0. The summed E-state index contributed by atoms with van der Waals surface area (Å²) in [5.74, 6) is -3.73. The average Bonchev–Trinajstić information content (AvgIpc) is 2.65. The van der Waals surface area contributed by atoms with E-state index in [2.05, 4.69) is 6.58 Å². The summed E-state index contributed by atoms with van der Waals surface area (Å²) < 4.78 is 70.7. The lowest BCUT2D eigenvalue weighted by molar-refractivity contribution is -0.105. The first-order valence-corrected chi connectivity index (χ1v) is 9.77. The number of allylic oxidation sites excluding steroid dienone is 3. The summed E-state index contributed by atoms with van der Waals surface area (Å²) >= 11 is 0. The van der Waals surface area contributed by atoms with Crippen molar-refractivity contribution in [3.05, 3.63) is 64.3 Å². The zero-order chi connectivity index (χ0) is 21.1. The van der Waals surface area contributed by atoms with Crippen LogP contribution in [0.25, 0.3) is 0 Å². The van der Waals surface area contributed by atoms with E-state index in [9.17, 15) is 26.7 Å². The lowest BCUT2D eigenvalue weighted by Gasteiger charge is -2.23. The molecule has 0 bridgehead atoms. The Labute approximate surface area is 161 Å². The Morgan fingerprint density at radius 2 is 2.04 bits per heavy atom. The predicted molar refractivity (Wildman–Crippen MR) is 96.9 cm³/mol. The van der Waals surface area contributed by atoms with Crippen LogP contribution in [0.4, 0.5) is 13.2 Å². The Morgan fingerprint density at radius 1 is 1.36 bits per heavy atom. The molecular formula is C19H18F3NO4S. The molecule has 1 N–H and O–H groups in total. The summed E-state index contributed by atoms with van der Waals surface area (Å²) in [5.41, 5.74) is 0.765. The van der Waals surface area contributed by atoms with Crippen LogP contribution in [0.2, 0.25) is 0 Å². The highest BCUT2D eigenvalue weighted by molar-refractivity contribution is 7.95. The maximum absolute atomic E-state index is 14.3. The van der Waals surface area contributed by atoms with Gasteiger partial charge in [-0.2, -0.15) is 5.26 Å². The molecule has 0 saturated carbocycles. The summed E-state index contributed by atoms with van der Waals surface area (Å²) in [7, 11) is -4.46. The number of nitrogens with zero attached hydrogens (tertiary/aromatic N) is 1. The molecule has 1 aromatic carbocycles. The molecule has 0 aromatic heterocycles. The normalized spacial score (nSPS) is 22.0. The molecule has 1 aliphatic carbocycles. The third kappa shape index (κ3) is 5.03. The van der Waals surface area contributed by atoms with Gasteiger partial charge in [0.2, 0.25) is 9.84 Å². The second-order valence-electron chi connectivity index (χ2n) is 6.40. The van der Waals surface area contributed by atoms with E-state index in [1.165, 1.54) is 6.07 Å². The summed E-state index contributed by atoms with van der Waals surface area (Å²) in [4.78, 5) is -0.681. The molecule has 0 saturated heterocycles. The Hall–Kier alpha value is -2.57. The molecule has 5 nitrogen and oxygen atoms in total. The number of nitriles is 1. The lowest BCUT2D eigenvalue weighted by Crippen LogP contribution is -2.35. The number of ether oxygens (including phenoxy) is 1. The van der Waals surface area contributed by atoms with Gasteiger partial charge in [0.05, 0.1) is 16.5 Å². The number of hydrogen-bond donors (Lipinski definition) is 1. The molecule has 0 aliphatic heterocycles. The molecule has 150 valence electrons. The third-order valence-electron chi connectivity index (χ3n) is 4.05. The van der Waals surface area contributed by atoms with Crippen LogP contribution < -0.4 is 4.74 Å². The minimum atomic E-state index is -4.46. The van der Waals surface area contributed by atoms with Crippen LogP contribution in [0.3, 0.4) is 0 Å². The van der Waals surface area contributed by atoms with Crippen LogP contribution in [0.15, 0.2) is 53.2 Å². The number of benzene rings is 1. The fourth-order valence-corrected chi connectivity index (χ4v) is 3.42. The first-order chi connectivity index (χ1) is 13.0. The van der Waals surface area contributed by atoms with Crippen molar-refractivity contribution >= 4 is 9.84 Å². The first kappa shape index (κ1) is 21.7. The van der Waals surface area contributed by atoms with Gasteiger partial charge in [0.25, 0.3) is 5.92 Å². The van der Waals surface area contributed by atoms with E-state index in [-0.39, 0.29) is 22.6 Å². The van der Waals surface area contributed by atoms with E-state index >= 15 is 0 Å². The number of halogens is 3. The van der Waals surface area contributed by atoms with Gasteiger partial charge in [0, 0.05) is 12.8 Å². The van der Waals surface area contributed by atoms with E-state index in [4.69, 9.17) is 10.00 Å². The SMILES string of the molecule is C=C1CC(F)(F)[C@@H](O)C/C(S(=O)(=O)CF)=C\C=C1Oc1cc(C)cc(C#N)c1. The average molecular weight is 413 g/mol. The predicted octanol–water partition coefficient (Wildman–Crippen LogP) is 3.70. The Morgan fingerprint density at radius 3 is 2.64 bits per heavy atom. The van der Waals surface area contributed by atoms with Crippen molar-refractivity contribution in [3.8, 4) is 11.8 Å². The number of aryl methyl sites for hydroxylation is 1. The van der Waals surface area contributed by atoms with Crippen molar-refractivity contribution in [2.24, 2.45) is 0 Å². The highest BCUT2D eigenvalue weighted by Gasteiger charge is 2.41. The fraction of sp³-hybridized carbons (Fsp3) is 0.316. The number of hydrogen-bond acceptors (Lipinski definition) is 5. The topological polar surface area (TPSA) is 87.4 Å². The highest BCUT2D eigenvalue weighted by atomic mass is 32.2. The first-order valence-electron chi connectivity index (χ1n) is 8.12. The van der Waals surface area contributed by atoms with Crippen LogP contribution in [0.5, 0.6) is 5.75 Å². The maximum atomic E-state index is 14.3. The molecule has 1 aromatic rings. The van der Waals surface area contributed by atoms with E-state index < -0.39 is 45.6 Å². The largest absolute Gasteiger partial charge is 0.457 e. The molecule has 0 spiro atoms. The quantitative estimate of drug-likeness (QED) is 0.813. The van der Waals surface area contributed by atoms with Crippen molar-refractivity contribution in [2.45, 2.75) is 31.8 Å². The van der Waals surface area contributed by atoms with Gasteiger partial charge in [-0.1, -0.05) is 6.58 Å². The second-order valence-corrected chi connectivity index (χ2v) is 8.37. The molecule has 9 heteroatoms. The van der Waals surface area contributed by atoms with Crippen LogP contribution in [0, 0.1) is 18.3 Å². The summed E-state index contributed by atoms with van der Waals surface area (Å²) in [6.07, 6.45) is -2.27. The van der Waals surface area contributed by atoms with E-state index in [0.29, 0.717) is 5.56 Å². The minimum absolute atomic E-state index is 0.162. The molecule has 0 fully saturated rings. The second kappa shape index (κ2) is 8.20. The van der Waals surface area contributed by atoms with Gasteiger partial charge >= 0.3 is 0 Å². The Balaban J connectivity index is 2.53. The van der Waals surface area contributed by atoms with Gasteiger partial charge in [-0.15, -0.1) is 0 Å². The molecule has 1 atom stereocenters. The number of aliphatic hydroxyl groups excluding tert-OH is 1. The van der Waals surface area contributed by atoms with E-state index in [0.717, 1.165) is 12.2 Å². The van der Waals surface area contributed by atoms with Crippen molar-refractivity contribution in [1.29, 1.82) is 5.26 Å². The Kier molecular flexibility index (Phi) is 6.37. The van der Waals surface area contributed by atoms with Crippen LogP contribution in [0.1, 0.15) is 24.0 Å². The summed E-state index contributed by atoms with van der Waals surface area (Å²) in [6.45, 7) is 5.24. The molecule has 0 unspecified atom stereocenters. The van der Waals surface area contributed by atoms with E-state index in [1.54, 1.807) is 19.1 Å².